The van der Waals surface area contributed by atoms with Crippen molar-refractivity contribution in [2.45, 2.75) is 0 Å². The lowest BCUT2D eigenvalue weighted by molar-refractivity contribution is 0.122. The predicted molar refractivity (Wildman–Crippen MR) is 97.1 cm³/mol. The number of nitrogens with zero attached hydrogens (tertiary/aromatic N) is 5. The van der Waals surface area contributed by atoms with Crippen LogP contribution in [0.4, 0.5) is 11.9 Å². The average Bonchev–Trinajstić information content (AvgIpc) is 2.64. The maximum atomic E-state index is 6.10. The highest BCUT2D eigenvalue weighted by molar-refractivity contribution is 6.36. The molecule has 8 nitrogen and oxygen atoms in total. The summed E-state index contributed by atoms with van der Waals surface area (Å²) in [5, 5.41) is 5.17. The van der Waals surface area contributed by atoms with Gasteiger partial charge < -0.3 is 14.4 Å². The SMILES string of the molecule is COc1nc(N/N=C\c2ccc(Cl)cc2Cl)nc(N2CCOCC2)n1. The number of morpholine rings is 1. The Hall–Kier alpha value is -2.16. The number of benzene rings is 1. The second-order valence-corrected chi connectivity index (χ2v) is 5.92. The molecule has 0 aliphatic carbocycles. The molecule has 1 N–H and O–H groups in total. The molecule has 0 atom stereocenters. The Labute approximate surface area is 154 Å². The summed E-state index contributed by atoms with van der Waals surface area (Å²) in [6.45, 7) is 2.67. The molecule has 0 spiro atoms. The molecular formula is C15H16Cl2N6O2. The molecule has 0 bridgehead atoms. The van der Waals surface area contributed by atoms with Gasteiger partial charge >= 0.3 is 6.01 Å². The van der Waals surface area contributed by atoms with E-state index in [1.54, 1.807) is 24.4 Å². The van der Waals surface area contributed by atoms with Crippen LogP contribution in [0.25, 0.3) is 0 Å². The Kier molecular flexibility index (Phi) is 5.85. The molecular weight excluding hydrogens is 367 g/mol. The molecule has 3 rings (SSSR count). The molecule has 10 heteroatoms. The van der Waals surface area contributed by atoms with Crippen molar-refractivity contribution in [1.29, 1.82) is 0 Å². The maximum absolute atomic E-state index is 6.10. The molecule has 1 aromatic carbocycles. The predicted octanol–water partition coefficient (Wildman–Crippen LogP) is 2.47. The zero-order valence-electron chi connectivity index (χ0n) is 13.4. The molecule has 1 aliphatic rings. The number of ether oxygens (including phenoxy) is 2. The van der Waals surface area contributed by atoms with E-state index < -0.39 is 0 Å². The van der Waals surface area contributed by atoms with E-state index in [1.165, 1.54) is 7.11 Å². The highest BCUT2D eigenvalue weighted by Gasteiger charge is 2.16. The molecule has 132 valence electrons. The zero-order valence-corrected chi connectivity index (χ0v) is 15.0. The first kappa shape index (κ1) is 17.7. The molecule has 1 aromatic heterocycles. The normalized spacial score (nSPS) is 14.8. The number of rotatable bonds is 5. The summed E-state index contributed by atoms with van der Waals surface area (Å²) in [7, 11) is 1.50. The fourth-order valence-corrected chi connectivity index (χ4v) is 2.61. The molecule has 2 aromatic rings. The molecule has 0 amide bonds. The largest absolute Gasteiger partial charge is 0.467 e. The van der Waals surface area contributed by atoms with Gasteiger partial charge in [0, 0.05) is 23.7 Å². The summed E-state index contributed by atoms with van der Waals surface area (Å²) >= 11 is 12.0. The van der Waals surface area contributed by atoms with Crippen molar-refractivity contribution in [3.63, 3.8) is 0 Å². The van der Waals surface area contributed by atoms with Crippen LogP contribution in [0.2, 0.25) is 10.0 Å². The minimum atomic E-state index is 0.207. The summed E-state index contributed by atoms with van der Waals surface area (Å²) in [6.07, 6.45) is 1.56. The Morgan fingerprint density at radius 3 is 2.76 bits per heavy atom. The van der Waals surface area contributed by atoms with Crippen LogP contribution in [0.3, 0.4) is 0 Å². The Bertz CT molecular complexity index is 768. The van der Waals surface area contributed by atoms with Gasteiger partial charge in [0.15, 0.2) is 0 Å². The summed E-state index contributed by atoms with van der Waals surface area (Å²) < 4.78 is 10.5. The molecule has 0 radical (unpaired) electrons. The summed E-state index contributed by atoms with van der Waals surface area (Å²) in [5.41, 5.74) is 3.48. The molecule has 0 saturated carbocycles. The van der Waals surface area contributed by atoms with Crippen LogP contribution in [-0.4, -0.2) is 54.6 Å². The monoisotopic (exact) mass is 382 g/mol. The van der Waals surface area contributed by atoms with Crippen LogP contribution >= 0.6 is 23.2 Å². The minimum absolute atomic E-state index is 0.207. The first-order chi connectivity index (χ1) is 12.2. The number of hydrogen-bond acceptors (Lipinski definition) is 8. The zero-order chi connectivity index (χ0) is 17.6. The molecule has 0 unspecified atom stereocenters. The van der Waals surface area contributed by atoms with Crippen molar-refractivity contribution >= 4 is 41.3 Å². The van der Waals surface area contributed by atoms with Gasteiger partial charge in [-0.25, -0.2) is 5.43 Å². The molecule has 1 fully saturated rings. The van der Waals surface area contributed by atoms with Crippen molar-refractivity contribution in [3.8, 4) is 6.01 Å². The lowest BCUT2D eigenvalue weighted by atomic mass is 10.2. The third-order valence-corrected chi connectivity index (χ3v) is 3.97. The van der Waals surface area contributed by atoms with E-state index >= 15 is 0 Å². The van der Waals surface area contributed by atoms with Gasteiger partial charge in [0.1, 0.15) is 0 Å². The fraction of sp³-hybridized carbons (Fsp3) is 0.333. The van der Waals surface area contributed by atoms with E-state index in [4.69, 9.17) is 32.7 Å². The van der Waals surface area contributed by atoms with Crippen LogP contribution in [-0.2, 0) is 4.74 Å². The first-order valence-corrected chi connectivity index (χ1v) is 8.28. The average molecular weight is 383 g/mol. The van der Waals surface area contributed by atoms with Crippen molar-refractivity contribution in [2.24, 2.45) is 5.10 Å². The van der Waals surface area contributed by atoms with Crippen LogP contribution in [0, 0.1) is 0 Å². The highest BCUT2D eigenvalue weighted by atomic mass is 35.5. The van der Waals surface area contributed by atoms with Crippen LogP contribution < -0.4 is 15.1 Å². The first-order valence-electron chi connectivity index (χ1n) is 7.52. The molecule has 1 aliphatic heterocycles. The van der Waals surface area contributed by atoms with Gasteiger partial charge in [0.25, 0.3) is 5.95 Å². The van der Waals surface area contributed by atoms with Crippen LogP contribution in [0.15, 0.2) is 23.3 Å². The van der Waals surface area contributed by atoms with Gasteiger partial charge in [0.2, 0.25) is 5.95 Å². The second kappa shape index (κ2) is 8.28. The fourth-order valence-electron chi connectivity index (χ4n) is 2.16. The summed E-state index contributed by atoms with van der Waals surface area (Å²) in [6, 6.07) is 5.35. The summed E-state index contributed by atoms with van der Waals surface area (Å²) in [4.78, 5) is 14.8. The van der Waals surface area contributed by atoms with Gasteiger partial charge in [-0.1, -0.05) is 29.3 Å². The quantitative estimate of drug-likeness (QED) is 0.627. The molecule has 1 saturated heterocycles. The Morgan fingerprint density at radius 1 is 1.24 bits per heavy atom. The Balaban J connectivity index is 1.75. The van der Waals surface area contributed by atoms with Crippen LogP contribution in [0.5, 0.6) is 6.01 Å². The number of nitrogens with one attached hydrogen (secondary N) is 1. The van der Waals surface area contributed by atoms with Gasteiger partial charge in [-0.05, 0) is 12.1 Å². The van der Waals surface area contributed by atoms with Gasteiger partial charge in [-0.2, -0.15) is 20.1 Å². The van der Waals surface area contributed by atoms with E-state index in [0.717, 1.165) is 0 Å². The van der Waals surface area contributed by atoms with E-state index in [1.807, 2.05) is 4.90 Å². The second-order valence-electron chi connectivity index (χ2n) is 5.08. The van der Waals surface area contributed by atoms with E-state index in [-0.39, 0.29) is 12.0 Å². The topological polar surface area (TPSA) is 84.8 Å². The van der Waals surface area contributed by atoms with Gasteiger partial charge in [-0.3, -0.25) is 0 Å². The van der Waals surface area contributed by atoms with Gasteiger partial charge in [-0.15, -0.1) is 0 Å². The maximum Gasteiger partial charge on any atom is 0.322 e. The lowest BCUT2D eigenvalue weighted by Crippen LogP contribution is -2.37. The van der Waals surface area contributed by atoms with Crippen molar-refractivity contribution < 1.29 is 9.47 Å². The van der Waals surface area contributed by atoms with Crippen molar-refractivity contribution in [1.82, 2.24) is 15.0 Å². The lowest BCUT2D eigenvalue weighted by Gasteiger charge is -2.26. The van der Waals surface area contributed by atoms with Gasteiger partial charge in [0.05, 0.1) is 31.6 Å². The number of methoxy groups -OCH3 is 1. The third kappa shape index (κ3) is 4.68. The van der Waals surface area contributed by atoms with Crippen LogP contribution in [0.1, 0.15) is 5.56 Å². The van der Waals surface area contributed by atoms with E-state index in [0.29, 0.717) is 47.9 Å². The number of aromatic nitrogens is 3. The van der Waals surface area contributed by atoms with E-state index in [2.05, 4.69) is 25.5 Å². The molecule has 25 heavy (non-hydrogen) atoms. The third-order valence-electron chi connectivity index (χ3n) is 3.41. The number of anilines is 2. The summed E-state index contributed by atoms with van der Waals surface area (Å²) in [5.74, 6) is 0.784. The van der Waals surface area contributed by atoms with E-state index in [9.17, 15) is 0 Å². The number of halogens is 2. The minimum Gasteiger partial charge on any atom is -0.467 e. The van der Waals surface area contributed by atoms with Crippen molar-refractivity contribution in [2.75, 3.05) is 43.7 Å². The Morgan fingerprint density at radius 2 is 2.04 bits per heavy atom. The smallest absolute Gasteiger partial charge is 0.322 e. The standard InChI is InChI=1S/C15H16Cl2N6O2/c1-24-15-20-13(19-14(21-15)23-4-6-25-7-5-23)22-18-9-10-2-3-11(16)8-12(10)17/h2-3,8-9H,4-7H2,1H3,(H,19,20,21,22)/b18-9-. The molecule has 2 heterocycles. The van der Waals surface area contributed by atoms with Crippen molar-refractivity contribution in [3.05, 3.63) is 33.8 Å². The highest BCUT2D eigenvalue weighted by Crippen LogP contribution is 2.20. The number of hydrogen-bond donors (Lipinski definition) is 1. The number of hydrazone groups is 1.